The lowest BCUT2D eigenvalue weighted by atomic mass is 9.73. The van der Waals surface area contributed by atoms with Crippen LogP contribution in [0.1, 0.15) is 95.9 Å². The number of nitrogens with one attached hydrogen (secondary N) is 1. The third kappa shape index (κ3) is 8.85. The zero-order valence-electron chi connectivity index (χ0n) is 27.9. The number of nitrogens with zero attached hydrogens (tertiary/aromatic N) is 4. The topological polar surface area (TPSA) is 97.2 Å². The smallest absolute Gasteiger partial charge is 0.313 e. The number of esters is 1. The maximum absolute atomic E-state index is 13.1. The second kappa shape index (κ2) is 15.9. The Morgan fingerprint density at radius 2 is 1.67 bits per heavy atom. The molecule has 250 valence electrons. The molecule has 1 aliphatic rings. The van der Waals surface area contributed by atoms with E-state index in [0.717, 1.165) is 54.5 Å². The van der Waals surface area contributed by atoms with Crippen LogP contribution in [0, 0.1) is 18.8 Å². The van der Waals surface area contributed by atoms with Gasteiger partial charge in [0.15, 0.2) is 0 Å². The summed E-state index contributed by atoms with van der Waals surface area (Å²) in [5.74, 6) is 0.479. The van der Waals surface area contributed by atoms with Gasteiger partial charge in [-0.1, -0.05) is 20.8 Å². The molecule has 8 nitrogen and oxygen atoms in total. The summed E-state index contributed by atoms with van der Waals surface area (Å²) in [6.45, 7) is 13.8. The zero-order valence-corrected chi connectivity index (χ0v) is 27.9. The Labute approximate surface area is 272 Å². The Balaban J connectivity index is 1.38. The number of aromatic nitrogens is 3. The second-order valence-corrected chi connectivity index (χ2v) is 13.0. The second-order valence-electron chi connectivity index (χ2n) is 13.0. The van der Waals surface area contributed by atoms with Crippen molar-refractivity contribution >= 4 is 17.6 Å². The standard InChI is InChI=1S/C36H50F2N5O3/c1-6-17-43(18-7-2,19-8-3)24-46-35(44)26-9-12-29(13-10-26)36(5,45)31-14-11-28(23-40-31)30-20-25(4)21-33(41-30)42-32-22-27(34(37)38)15-16-39-32/h11,14-16,20-23,26,29,34,45H,6-10,12-13,17-19,24H2,1-5H3,(H,39,41,42)/q+1/t26-,29-,36-/m1/s1. The fraction of sp³-hybridized carbons (Fsp3) is 0.556. The van der Waals surface area contributed by atoms with Crippen LogP contribution >= 0.6 is 0 Å². The SMILES string of the molecule is CCC[N+](CCC)(CCC)COC(=O)[C@H]1CC[C@H]([C@@](C)(O)c2ccc(-c3cc(C)cc(Nc4cc(C(F)F)ccn4)n3)cn2)CC1. The first-order valence-electron chi connectivity index (χ1n) is 16.7. The minimum atomic E-state index is -2.59. The number of ether oxygens (including phenoxy) is 1. The number of alkyl halides is 2. The first kappa shape index (κ1) is 35.4. The Hall–Kier alpha value is -3.50. The number of quaternary nitrogens is 1. The molecule has 0 unspecified atom stereocenters. The van der Waals surface area contributed by atoms with Crippen molar-refractivity contribution in [3.05, 3.63) is 65.6 Å². The van der Waals surface area contributed by atoms with E-state index in [1.807, 2.05) is 31.2 Å². The summed E-state index contributed by atoms with van der Waals surface area (Å²) in [6, 6.07) is 10.0. The number of pyridine rings is 3. The summed E-state index contributed by atoms with van der Waals surface area (Å²) in [7, 11) is 0. The predicted octanol–water partition coefficient (Wildman–Crippen LogP) is 8.09. The normalized spacial score (nSPS) is 18.3. The summed E-state index contributed by atoms with van der Waals surface area (Å²) in [4.78, 5) is 26.5. The Bertz CT molecular complexity index is 1410. The molecule has 1 fully saturated rings. The molecule has 0 bridgehead atoms. The van der Waals surface area contributed by atoms with Crippen molar-refractivity contribution in [1.29, 1.82) is 0 Å². The fourth-order valence-corrected chi connectivity index (χ4v) is 6.88. The summed E-state index contributed by atoms with van der Waals surface area (Å²) >= 11 is 0. The van der Waals surface area contributed by atoms with Crippen LogP contribution in [0.25, 0.3) is 11.3 Å². The molecule has 46 heavy (non-hydrogen) atoms. The first-order chi connectivity index (χ1) is 22.0. The molecule has 1 saturated carbocycles. The molecule has 0 aliphatic heterocycles. The van der Waals surface area contributed by atoms with E-state index in [-0.39, 0.29) is 29.2 Å². The van der Waals surface area contributed by atoms with Crippen molar-refractivity contribution in [2.45, 2.75) is 91.6 Å². The maximum Gasteiger partial charge on any atom is 0.313 e. The highest BCUT2D eigenvalue weighted by atomic mass is 19.3. The fourth-order valence-electron chi connectivity index (χ4n) is 6.88. The Morgan fingerprint density at radius 1 is 1.00 bits per heavy atom. The number of aryl methyl sites for hydroxylation is 1. The summed E-state index contributed by atoms with van der Waals surface area (Å²) in [5.41, 5.74) is 1.64. The monoisotopic (exact) mass is 638 g/mol. The molecule has 0 radical (unpaired) electrons. The number of hydrogen-bond donors (Lipinski definition) is 2. The number of halogens is 2. The zero-order chi connectivity index (χ0) is 33.3. The third-order valence-corrected chi connectivity index (χ3v) is 9.27. The lowest BCUT2D eigenvalue weighted by Crippen LogP contribution is -2.52. The third-order valence-electron chi connectivity index (χ3n) is 9.27. The van der Waals surface area contributed by atoms with Crippen LogP contribution in [-0.2, 0) is 15.1 Å². The van der Waals surface area contributed by atoms with Crippen molar-refractivity contribution in [2.75, 3.05) is 31.7 Å². The highest BCUT2D eigenvalue weighted by molar-refractivity contribution is 5.72. The number of anilines is 2. The van der Waals surface area contributed by atoms with Gasteiger partial charge in [0, 0.05) is 23.5 Å². The molecule has 3 aromatic rings. The molecule has 4 rings (SSSR count). The average molecular weight is 639 g/mol. The van der Waals surface area contributed by atoms with E-state index in [0.29, 0.717) is 49.6 Å². The van der Waals surface area contributed by atoms with Crippen molar-refractivity contribution in [3.8, 4) is 11.3 Å². The van der Waals surface area contributed by atoms with E-state index in [1.54, 1.807) is 13.1 Å². The Kier molecular flexibility index (Phi) is 12.2. The van der Waals surface area contributed by atoms with Gasteiger partial charge in [0.05, 0.1) is 36.9 Å². The van der Waals surface area contributed by atoms with E-state index >= 15 is 0 Å². The van der Waals surface area contributed by atoms with Gasteiger partial charge in [0.2, 0.25) is 6.73 Å². The number of rotatable bonds is 15. The van der Waals surface area contributed by atoms with E-state index in [1.165, 1.54) is 18.3 Å². The molecule has 3 heterocycles. The van der Waals surface area contributed by atoms with Gasteiger partial charge in [0.1, 0.15) is 17.2 Å². The highest BCUT2D eigenvalue weighted by Gasteiger charge is 2.40. The molecule has 0 spiro atoms. The molecule has 1 atom stereocenters. The molecular weight excluding hydrogens is 588 g/mol. The molecular formula is C36H50F2N5O3+. The average Bonchev–Trinajstić information content (AvgIpc) is 3.04. The summed E-state index contributed by atoms with van der Waals surface area (Å²) in [5, 5.41) is 14.7. The number of carbonyl (C=O) groups is 1. The minimum Gasteiger partial charge on any atom is -0.415 e. The molecule has 0 aromatic carbocycles. The lowest BCUT2D eigenvalue weighted by Gasteiger charge is -2.39. The maximum atomic E-state index is 13.1. The molecule has 10 heteroatoms. The molecule has 2 N–H and O–H groups in total. The van der Waals surface area contributed by atoms with Crippen LogP contribution in [0.15, 0.2) is 48.8 Å². The summed E-state index contributed by atoms with van der Waals surface area (Å²) in [6.07, 6.45) is 6.42. The van der Waals surface area contributed by atoms with Gasteiger partial charge in [0.25, 0.3) is 6.43 Å². The highest BCUT2D eigenvalue weighted by Crippen LogP contribution is 2.41. The van der Waals surface area contributed by atoms with E-state index in [2.05, 4.69) is 41.0 Å². The molecule has 1 aliphatic carbocycles. The van der Waals surface area contributed by atoms with E-state index < -0.39 is 12.0 Å². The van der Waals surface area contributed by atoms with Gasteiger partial charge in [-0.15, -0.1) is 0 Å². The molecule has 3 aromatic heterocycles. The van der Waals surface area contributed by atoms with Crippen molar-refractivity contribution < 1.29 is 27.9 Å². The molecule has 0 saturated heterocycles. The Morgan fingerprint density at radius 3 is 2.26 bits per heavy atom. The largest absolute Gasteiger partial charge is 0.415 e. The van der Waals surface area contributed by atoms with Crippen LogP contribution in [0.5, 0.6) is 0 Å². The predicted molar refractivity (Wildman–Crippen MR) is 176 cm³/mol. The van der Waals surface area contributed by atoms with Gasteiger partial charge in [-0.05, 0) is 107 Å². The van der Waals surface area contributed by atoms with Gasteiger partial charge in [-0.2, -0.15) is 0 Å². The summed E-state index contributed by atoms with van der Waals surface area (Å²) < 4.78 is 33.0. The van der Waals surface area contributed by atoms with Gasteiger partial charge in [-0.3, -0.25) is 14.3 Å². The van der Waals surface area contributed by atoms with Crippen molar-refractivity contribution in [3.63, 3.8) is 0 Å². The van der Waals surface area contributed by atoms with E-state index in [4.69, 9.17) is 4.74 Å². The van der Waals surface area contributed by atoms with Gasteiger partial charge in [-0.25, -0.2) is 18.7 Å². The number of aliphatic hydroxyl groups is 1. The lowest BCUT2D eigenvalue weighted by molar-refractivity contribution is -0.943. The van der Waals surface area contributed by atoms with Gasteiger partial charge < -0.3 is 15.2 Å². The minimum absolute atomic E-state index is 0.0329. The number of carbonyl (C=O) groups excluding carboxylic acids is 1. The van der Waals surface area contributed by atoms with E-state index in [9.17, 15) is 18.7 Å². The van der Waals surface area contributed by atoms with Crippen LogP contribution in [0.2, 0.25) is 0 Å². The van der Waals surface area contributed by atoms with Crippen LogP contribution in [-0.4, -0.2) is 56.9 Å². The quantitative estimate of drug-likeness (QED) is 0.0987. The van der Waals surface area contributed by atoms with Crippen molar-refractivity contribution in [1.82, 2.24) is 15.0 Å². The van der Waals surface area contributed by atoms with Crippen molar-refractivity contribution in [2.24, 2.45) is 11.8 Å². The number of hydrogen-bond acceptors (Lipinski definition) is 7. The van der Waals surface area contributed by atoms with Crippen LogP contribution in [0.4, 0.5) is 20.4 Å². The van der Waals surface area contributed by atoms with Crippen LogP contribution in [0.3, 0.4) is 0 Å². The first-order valence-corrected chi connectivity index (χ1v) is 16.7. The van der Waals surface area contributed by atoms with Gasteiger partial charge >= 0.3 is 5.97 Å². The molecule has 0 amide bonds. The van der Waals surface area contributed by atoms with Crippen LogP contribution < -0.4 is 5.32 Å².